The van der Waals surface area contributed by atoms with Crippen molar-refractivity contribution in [3.8, 4) is 5.75 Å². The van der Waals surface area contributed by atoms with Gasteiger partial charge in [0.25, 0.3) is 0 Å². The van der Waals surface area contributed by atoms with Gasteiger partial charge in [-0.3, -0.25) is 4.98 Å². The summed E-state index contributed by atoms with van der Waals surface area (Å²) >= 11 is 3.35. The molecule has 0 bridgehead atoms. The van der Waals surface area contributed by atoms with E-state index in [9.17, 15) is 0 Å². The minimum Gasteiger partial charge on any atom is -0.491 e. The summed E-state index contributed by atoms with van der Waals surface area (Å²) in [4.78, 5) is 6.17. The van der Waals surface area contributed by atoms with Gasteiger partial charge in [0.15, 0.2) is 0 Å². The van der Waals surface area contributed by atoms with Gasteiger partial charge in [0, 0.05) is 30.3 Å². The Labute approximate surface area is 105 Å². The number of nitrogens with zero attached hydrogens (tertiary/aromatic N) is 2. The second-order valence-electron chi connectivity index (χ2n) is 3.74. The van der Waals surface area contributed by atoms with E-state index >= 15 is 0 Å². The molecule has 1 aromatic heterocycles. The maximum atomic E-state index is 5.53. The Morgan fingerprint density at radius 2 is 2.19 bits per heavy atom. The van der Waals surface area contributed by atoms with E-state index in [0.29, 0.717) is 6.61 Å². The van der Waals surface area contributed by atoms with Crippen LogP contribution in [0.15, 0.2) is 22.9 Å². The molecule has 1 N–H and O–H groups in total. The lowest BCUT2D eigenvalue weighted by atomic mass is 10.4. The van der Waals surface area contributed by atoms with Crippen molar-refractivity contribution in [3.05, 3.63) is 22.9 Å². The topological polar surface area (TPSA) is 37.4 Å². The van der Waals surface area contributed by atoms with Crippen molar-refractivity contribution in [1.82, 2.24) is 15.2 Å². The van der Waals surface area contributed by atoms with Crippen LogP contribution in [0.25, 0.3) is 0 Å². The summed E-state index contributed by atoms with van der Waals surface area (Å²) in [6.45, 7) is 3.53. The summed E-state index contributed by atoms with van der Waals surface area (Å²) in [7, 11) is 4.12. The van der Waals surface area contributed by atoms with Crippen LogP contribution in [0.4, 0.5) is 0 Å². The number of pyridine rings is 1. The fourth-order valence-corrected chi connectivity index (χ4v) is 1.48. The molecule has 5 heteroatoms. The summed E-state index contributed by atoms with van der Waals surface area (Å²) in [5, 5.41) is 3.30. The van der Waals surface area contributed by atoms with Gasteiger partial charge in [-0.15, -0.1) is 0 Å². The fraction of sp³-hybridized carbons (Fsp3) is 0.545. The third-order valence-electron chi connectivity index (χ3n) is 1.96. The van der Waals surface area contributed by atoms with Gasteiger partial charge in [-0.25, -0.2) is 0 Å². The van der Waals surface area contributed by atoms with Crippen LogP contribution >= 0.6 is 15.9 Å². The summed E-state index contributed by atoms with van der Waals surface area (Å²) in [6, 6.07) is 1.91. The molecule has 0 saturated carbocycles. The smallest absolute Gasteiger partial charge is 0.138 e. The van der Waals surface area contributed by atoms with Crippen LogP contribution in [0.2, 0.25) is 0 Å². The van der Waals surface area contributed by atoms with Gasteiger partial charge in [-0.2, -0.15) is 0 Å². The van der Waals surface area contributed by atoms with E-state index in [0.717, 1.165) is 29.9 Å². The van der Waals surface area contributed by atoms with E-state index in [-0.39, 0.29) is 0 Å². The highest BCUT2D eigenvalue weighted by Gasteiger charge is 1.95. The van der Waals surface area contributed by atoms with Crippen LogP contribution in [0.5, 0.6) is 5.75 Å². The molecule has 0 atom stereocenters. The molecule has 1 rings (SSSR count). The van der Waals surface area contributed by atoms with Crippen LogP contribution in [0.3, 0.4) is 0 Å². The van der Waals surface area contributed by atoms with Crippen LogP contribution in [0.1, 0.15) is 0 Å². The second-order valence-corrected chi connectivity index (χ2v) is 4.66. The number of aromatic nitrogens is 1. The zero-order chi connectivity index (χ0) is 11.8. The highest BCUT2D eigenvalue weighted by Crippen LogP contribution is 2.15. The summed E-state index contributed by atoms with van der Waals surface area (Å²) in [5.74, 6) is 0.795. The zero-order valence-corrected chi connectivity index (χ0v) is 11.3. The van der Waals surface area contributed by atoms with Crippen LogP contribution < -0.4 is 10.1 Å². The molecule has 0 amide bonds. The number of rotatable bonds is 7. The van der Waals surface area contributed by atoms with E-state index in [1.54, 1.807) is 12.4 Å². The number of halogens is 1. The first-order valence-corrected chi connectivity index (χ1v) is 6.06. The highest BCUT2D eigenvalue weighted by molar-refractivity contribution is 9.10. The fourth-order valence-electron chi connectivity index (χ4n) is 1.14. The number of nitrogens with one attached hydrogen (secondary N) is 1. The van der Waals surface area contributed by atoms with Gasteiger partial charge in [0.05, 0.1) is 6.20 Å². The molecule has 0 aliphatic carbocycles. The third kappa shape index (κ3) is 6.05. The Balaban J connectivity index is 2.07. The molecule has 4 nitrogen and oxygen atoms in total. The van der Waals surface area contributed by atoms with Crippen molar-refractivity contribution >= 4 is 15.9 Å². The van der Waals surface area contributed by atoms with Crippen molar-refractivity contribution in [2.75, 3.05) is 40.3 Å². The molecular formula is C11H18BrN3O. The second kappa shape index (κ2) is 7.60. The summed E-state index contributed by atoms with van der Waals surface area (Å²) < 4.78 is 6.46. The van der Waals surface area contributed by atoms with Gasteiger partial charge in [0.2, 0.25) is 0 Å². The Kier molecular flexibility index (Phi) is 6.37. The van der Waals surface area contributed by atoms with E-state index in [4.69, 9.17) is 4.74 Å². The molecule has 16 heavy (non-hydrogen) atoms. The molecule has 0 unspecified atom stereocenters. The molecule has 1 aromatic rings. The number of likely N-dealkylation sites (N-methyl/N-ethyl adjacent to an activating group) is 1. The van der Waals surface area contributed by atoms with E-state index < -0.39 is 0 Å². The van der Waals surface area contributed by atoms with Gasteiger partial charge in [-0.05, 0) is 36.1 Å². The average molecular weight is 288 g/mol. The molecule has 1 heterocycles. The van der Waals surface area contributed by atoms with Crippen LogP contribution in [-0.2, 0) is 0 Å². The van der Waals surface area contributed by atoms with Crippen molar-refractivity contribution < 1.29 is 4.74 Å². The lowest BCUT2D eigenvalue weighted by molar-refractivity contribution is 0.307. The maximum absolute atomic E-state index is 5.53. The monoisotopic (exact) mass is 287 g/mol. The van der Waals surface area contributed by atoms with E-state index in [1.165, 1.54) is 0 Å². The van der Waals surface area contributed by atoms with Gasteiger partial charge in [-0.1, -0.05) is 0 Å². The molecule has 0 fully saturated rings. The first-order valence-electron chi connectivity index (χ1n) is 5.27. The molecule has 0 aliphatic heterocycles. The molecule has 0 saturated heterocycles. The maximum Gasteiger partial charge on any atom is 0.138 e. The van der Waals surface area contributed by atoms with Crippen molar-refractivity contribution in [3.63, 3.8) is 0 Å². The minimum atomic E-state index is 0.658. The van der Waals surface area contributed by atoms with Crippen molar-refractivity contribution in [2.45, 2.75) is 0 Å². The number of hydrogen-bond acceptors (Lipinski definition) is 4. The Hall–Kier alpha value is -0.650. The Morgan fingerprint density at radius 3 is 2.88 bits per heavy atom. The van der Waals surface area contributed by atoms with Crippen LogP contribution in [0, 0.1) is 0 Å². The predicted octanol–water partition coefficient (Wildman–Crippen LogP) is 1.37. The number of hydrogen-bond donors (Lipinski definition) is 1. The molecule has 0 aromatic carbocycles. The summed E-state index contributed by atoms with van der Waals surface area (Å²) in [5.41, 5.74) is 0. The third-order valence-corrected chi connectivity index (χ3v) is 2.40. The van der Waals surface area contributed by atoms with E-state index in [1.807, 2.05) is 6.07 Å². The highest BCUT2D eigenvalue weighted by atomic mass is 79.9. The quantitative estimate of drug-likeness (QED) is 0.769. The normalized spacial score (nSPS) is 10.8. The lowest BCUT2D eigenvalue weighted by Crippen LogP contribution is -2.29. The zero-order valence-electron chi connectivity index (χ0n) is 9.74. The molecule has 90 valence electrons. The minimum absolute atomic E-state index is 0.658. The van der Waals surface area contributed by atoms with Gasteiger partial charge >= 0.3 is 0 Å². The molecule has 0 aliphatic rings. The lowest BCUT2D eigenvalue weighted by Gasteiger charge is -2.10. The standard InChI is InChI=1S/C11H18BrN3O/c1-15(2)5-3-13-4-6-16-11-7-10(12)8-14-9-11/h7-9,13H,3-6H2,1-2H3. The average Bonchev–Trinajstić information content (AvgIpc) is 2.23. The molecule has 0 spiro atoms. The number of ether oxygens (including phenoxy) is 1. The largest absolute Gasteiger partial charge is 0.491 e. The summed E-state index contributed by atoms with van der Waals surface area (Å²) in [6.07, 6.45) is 3.45. The SMILES string of the molecule is CN(C)CCNCCOc1cncc(Br)c1. The Bertz CT molecular complexity index is 307. The predicted molar refractivity (Wildman–Crippen MR) is 68.9 cm³/mol. The van der Waals surface area contributed by atoms with Gasteiger partial charge in [0.1, 0.15) is 12.4 Å². The van der Waals surface area contributed by atoms with Crippen LogP contribution in [-0.4, -0.2) is 50.2 Å². The molecule has 0 radical (unpaired) electrons. The first kappa shape index (κ1) is 13.4. The van der Waals surface area contributed by atoms with Crippen molar-refractivity contribution in [1.29, 1.82) is 0 Å². The first-order chi connectivity index (χ1) is 7.68. The van der Waals surface area contributed by atoms with Gasteiger partial charge < -0.3 is 15.0 Å². The van der Waals surface area contributed by atoms with Crippen molar-refractivity contribution in [2.24, 2.45) is 0 Å². The Morgan fingerprint density at radius 1 is 1.38 bits per heavy atom. The van der Waals surface area contributed by atoms with E-state index in [2.05, 4.69) is 45.2 Å². The molecular weight excluding hydrogens is 270 g/mol.